The standard InChI is InChI=1S/C16H24FNO/c1-11(2)9-18(10-12(3)4)16(19)14-6-7-15(17)13(5)8-14/h6-8,11-12H,9-10H2,1-5H3. The lowest BCUT2D eigenvalue weighted by atomic mass is 10.1. The minimum Gasteiger partial charge on any atom is -0.338 e. The summed E-state index contributed by atoms with van der Waals surface area (Å²) in [5.74, 6) is 0.565. The van der Waals surface area contributed by atoms with Gasteiger partial charge in [0.15, 0.2) is 0 Å². The summed E-state index contributed by atoms with van der Waals surface area (Å²) < 4.78 is 13.3. The van der Waals surface area contributed by atoms with Crippen molar-refractivity contribution in [2.75, 3.05) is 13.1 Å². The maximum Gasteiger partial charge on any atom is 0.253 e. The lowest BCUT2D eigenvalue weighted by molar-refractivity contribution is 0.0715. The molecule has 1 aromatic carbocycles. The number of aryl methyl sites for hydroxylation is 1. The zero-order valence-corrected chi connectivity index (χ0v) is 12.5. The molecule has 0 unspecified atom stereocenters. The number of carbonyl (C=O) groups excluding carboxylic acids is 1. The van der Waals surface area contributed by atoms with Crippen molar-refractivity contribution < 1.29 is 9.18 Å². The molecule has 0 saturated heterocycles. The number of nitrogens with zero attached hydrogens (tertiary/aromatic N) is 1. The largest absolute Gasteiger partial charge is 0.338 e. The first-order valence-corrected chi connectivity index (χ1v) is 6.86. The van der Waals surface area contributed by atoms with E-state index in [0.29, 0.717) is 23.0 Å². The lowest BCUT2D eigenvalue weighted by Crippen LogP contribution is -2.37. The zero-order valence-electron chi connectivity index (χ0n) is 12.5. The van der Waals surface area contributed by atoms with Crippen LogP contribution in [0, 0.1) is 24.6 Å². The number of hydrogen-bond acceptors (Lipinski definition) is 1. The SMILES string of the molecule is Cc1cc(C(=O)N(CC(C)C)CC(C)C)ccc1F. The van der Waals surface area contributed by atoms with E-state index < -0.39 is 0 Å². The molecule has 0 aliphatic heterocycles. The summed E-state index contributed by atoms with van der Waals surface area (Å²) in [7, 11) is 0. The summed E-state index contributed by atoms with van der Waals surface area (Å²) in [6.07, 6.45) is 0. The molecule has 0 atom stereocenters. The van der Waals surface area contributed by atoms with Gasteiger partial charge in [-0.15, -0.1) is 0 Å². The predicted molar refractivity (Wildman–Crippen MR) is 76.7 cm³/mol. The number of carbonyl (C=O) groups is 1. The molecule has 0 bridgehead atoms. The number of rotatable bonds is 5. The van der Waals surface area contributed by atoms with Gasteiger partial charge in [0, 0.05) is 18.7 Å². The van der Waals surface area contributed by atoms with E-state index in [0.717, 1.165) is 13.1 Å². The average molecular weight is 265 g/mol. The summed E-state index contributed by atoms with van der Waals surface area (Å²) in [4.78, 5) is 14.3. The van der Waals surface area contributed by atoms with Crippen LogP contribution < -0.4 is 0 Å². The monoisotopic (exact) mass is 265 g/mol. The molecule has 0 saturated carbocycles. The van der Waals surface area contributed by atoms with E-state index in [9.17, 15) is 9.18 Å². The first-order chi connectivity index (χ1) is 8.81. The first kappa shape index (κ1) is 15.7. The van der Waals surface area contributed by atoms with Gasteiger partial charge >= 0.3 is 0 Å². The van der Waals surface area contributed by atoms with Gasteiger partial charge < -0.3 is 4.90 Å². The molecule has 1 aromatic rings. The van der Waals surface area contributed by atoms with Crippen LogP contribution in [0.15, 0.2) is 18.2 Å². The van der Waals surface area contributed by atoms with Gasteiger partial charge in [0.05, 0.1) is 0 Å². The summed E-state index contributed by atoms with van der Waals surface area (Å²) in [5.41, 5.74) is 1.08. The number of halogens is 1. The molecule has 0 aromatic heterocycles. The maximum absolute atomic E-state index is 13.3. The second-order valence-electron chi connectivity index (χ2n) is 5.96. The van der Waals surface area contributed by atoms with Gasteiger partial charge in [0.2, 0.25) is 0 Å². The van der Waals surface area contributed by atoms with E-state index in [-0.39, 0.29) is 11.7 Å². The molecule has 0 fully saturated rings. The summed E-state index contributed by atoms with van der Waals surface area (Å²) in [6.45, 7) is 11.5. The molecule has 0 N–H and O–H groups in total. The molecule has 1 rings (SSSR count). The zero-order chi connectivity index (χ0) is 14.6. The topological polar surface area (TPSA) is 20.3 Å². The highest BCUT2D eigenvalue weighted by Crippen LogP contribution is 2.14. The number of amides is 1. The molecule has 0 spiro atoms. The second-order valence-corrected chi connectivity index (χ2v) is 5.96. The third-order valence-electron chi connectivity index (χ3n) is 2.86. The molecule has 1 amide bonds. The molecule has 19 heavy (non-hydrogen) atoms. The Hall–Kier alpha value is -1.38. The average Bonchev–Trinajstić information content (AvgIpc) is 2.29. The van der Waals surface area contributed by atoms with Crippen molar-refractivity contribution in [3.8, 4) is 0 Å². The molecule has 0 aliphatic rings. The van der Waals surface area contributed by atoms with E-state index in [2.05, 4.69) is 27.7 Å². The Morgan fingerprint density at radius 2 is 1.68 bits per heavy atom. The minimum atomic E-state index is -0.268. The summed E-state index contributed by atoms with van der Waals surface area (Å²) >= 11 is 0. The van der Waals surface area contributed by atoms with Crippen molar-refractivity contribution in [1.29, 1.82) is 0 Å². The van der Waals surface area contributed by atoms with Crippen LogP contribution in [0.3, 0.4) is 0 Å². The van der Waals surface area contributed by atoms with E-state index in [1.807, 2.05) is 4.90 Å². The first-order valence-electron chi connectivity index (χ1n) is 6.86. The Labute approximate surface area is 115 Å². The van der Waals surface area contributed by atoms with Crippen molar-refractivity contribution in [1.82, 2.24) is 4.90 Å². The fourth-order valence-corrected chi connectivity index (χ4v) is 2.08. The van der Waals surface area contributed by atoms with E-state index in [4.69, 9.17) is 0 Å². The summed E-state index contributed by atoms with van der Waals surface area (Å²) in [5, 5.41) is 0. The van der Waals surface area contributed by atoms with E-state index in [1.165, 1.54) is 6.07 Å². The Balaban J connectivity index is 2.94. The molecular weight excluding hydrogens is 241 g/mol. The van der Waals surface area contributed by atoms with Crippen LogP contribution in [0.4, 0.5) is 4.39 Å². The van der Waals surface area contributed by atoms with Gasteiger partial charge in [-0.2, -0.15) is 0 Å². The Kier molecular flexibility index (Phi) is 5.52. The minimum absolute atomic E-state index is 0.00880. The van der Waals surface area contributed by atoms with Gasteiger partial charge in [0.25, 0.3) is 5.91 Å². The fraction of sp³-hybridized carbons (Fsp3) is 0.562. The Morgan fingerprint density at radius 3 is 2.11 bits per heavy atom. The highest BCUT2D eigenvalue weighted by Gasteiger charge is 2.18. The normalized spacial score (nSPS) is 11.2. The quantitative estimate of drug-likeness (QED) is 0.791. The van der Waals surface area contributed by atoms with E-state index in [1.54, 1.807) is 19.1 Å². The number of benzene rings is 1. The number of hydrogen-bond donors (Lipinski definition) is 0. The van der Waals surface area contributed by atoms with Crippen LogP contribution in [0.2, 0.25) is 0 Å². The molecule has 0 aliphatic carbocycles. The van der Waals surface area contributed by atoms with Gasteiger partial charge in [-0.3, -0.25) is 4.79 Å². The van der Waals surface area contributed by atoms with Crippen molar-refractivity contribution in [2.45, 2.75) is 34.6 Å². The molecule has 0 heterocycles. The molecule has 3 heteroatoms. The third-order valence-corrected chi connectivity index (χ3v) is 2.86. The summed E-state index contributed by atoms with van der Waals surface area (Å²) in [6, 6.07) is 4.56. The van der Waals surface area contributed by atoms with Crippen LogP contribution in [0.1, 0.15) is 43.6 Å². The second kappa shape index (κ2) is 6.69. The predicted octanol–water partition coefficient (Wildman–Crippen LogP) is 3.89. The maximum atomic E-state index is 13.3. The highest BCUT2D eigenvalue weighted by atomic mass is 19.1. The van der Waals surface area contributed by atoms with Gasteiger partial charge in [-0.05, 0) is 42.5 Å². The molecule has 0 radical (unpaired) electrons. The fourth-order valence-electron chi connectivity index (χ4n) is 2.08. The van der Waals surface area contributed by atoms with E-state index >= 15 is 0 Å². The smallest absolute Gasteiger partial charge is 0.253 e. The lowest BCUT2D eigenvalue weighted by Gasteiger charge is -2.26. The van der Waals surface area contributed by atoms with Crippen molar-refractivity contribution in [3.63, 3.8) is 0 Å². The Morgan fingerprint density at radius 1 is 1.16 bits per heavy atom. The van der Waals surface area contributed by atoms with Crippen LogP contribution in [0.5, 0.6) is 0 Å². The van der Waals surface area contributed by atoms with Gasteiger partial charge in [0.1, 0.15) is 5.82 Å². The van der Waals surface area contributed by atoms with Crippen LogP contribution >= 0.6 is 0 Å². The highest BCUT2D eigenvalue weighted by molar-refractivity contribution is 5.94. The van der Waals surface area contributed by atoms with Crippen LogP contribution in [-0.4, -0.2) is 23.9 Å². The van der Waals surface area contributed by atoms with Crippen molar-refractivity contribution >= 4 is 5.91 Å². The molecule has 106 valence electrons. The van der Waals surface area contributed by atoms with Crippen molar-refractivity contribution in [2.24, 2.45) is 11.8 Å². The third kappa shape index (κ3) is 4.66. The van der Waals surface area contributed by atoms with Crippen LogP contribution in [0.25, 0.3) is 0 Å². The van der Waals surface area contributed by atoms with Gasteiger partial charge in [-0.1, -0.05) is 27.7 Å². The van der Waals surface area contributed by atoms with Crippen molar-refractivity contribution in [3.05, 3.63) is 35.1 Å². The Bertz CT molecular complexity index is 430. The van der Waals surface area contributed by atoms with Gasteiger partial charge in [-0.25, -0.2) is 4.39 Å². The van der Waals surface area contributed by atoms with Crippen LogP contribution in [-0.2, 0) is 0 Å². The molecular formula is C16H24FNO. The molecule has 2 nitrogen and oxygen atoms in total.